The summed E-state index contributed by atoms with van der Waals surface area (Å²) in [5.41, 5.74) is 1.82. The molecule has 0 fully saturated rings. The van der Waals surface area contributed by atoms with Gasteiger partial charge >= 0.3 is 5.97 Å². The molecule has 1 aromatic carbocycles. The van der Waals surface area contributed by atoms with Crippen LogP contribution in [0.3, 0.4) is 0 Å². The molecule has 0 unspecified atom stereocenters. The lowest BCUT2D eigenvalue weighted by Crippen LogP contribution is -2.02. The highest BCUT2D eigenvalue weighted by Crippen LogP contribution is 2.21. The molecule has 1 heterocycles. The van der Waals surface area contributed by atoms with E-state index in [4.69, 9.17) is 9.84 Å². The van der Waals surface area contributed by atoms with Crippen LogP contribution in [0.5, 0.6) is 5.75 Å². The number of nitrogens with zero attached hydrogens (tertiary/aromatic N) is 2. The zero-order chi connectivity index (χ0) is 13.8. The average molecular weight is 260 g/mol. The largest absolute Gasteiger partial charge is 0.497 e. The van der Waals surface area contributed by atoms with Crippen molar-refractivity contribution in [1.82, 2.24) is 9.55 Å². The lowest BCUT2D eigenvalue weighted by atomic mass is 10.2. The number of aryl methyl sites for hydroxylation is 2. The fourth-order valence-corrected chi connectivity index (χ4v) is 1.86. The van der Waals surface area contributed by atoms with E-state index in [1.54, 1.807) is 7.11 Å². The summed E-state index contributed by atoms with van der Waals surface area (Å²) in [5.74, 6) is 0.757. The molecule has 0 aliphatic heterocycles. The first-order valence-corrected chi connectivity index (χ1v) is 5.98. The maximum Gasteiger partial charge on any atom is 0.303 e. The van der Waals surface area contributed by atoms with Gasteiger partial charge in [0.2, 0.25) is 0 Å². The minimum absolute atomic E-state index is 0.0902. The van der Waals surface area contributed by atoms with Crippen LogP contribution < -0.4 is 4.74 Å². The maximum absolute atomic E-state index is 10.6. The Morgan fingerprint density at radius 1 is 1.37 bits per heavy atom. The van der Waals surface area contributed by atoms with Crippen LogP contribution in [0.15, 0.2) is 30.5 Å². The molecule has 0 spiro atoms. The van der Waals surface area contributed by atoms with Gasteiger partial charge in [-0.1, -0.05) is 0 Å². The summed E-state index contributed by atoms with van der Waals surface area (Å²) in [6, 6.07) is 7.62. The van der Waals surface area contributed by atoms with Gasteiger partial charge in [0.25, 0.3) is 0 Å². The van der Waals surface area contributed by atoms with Crippen molar-refractivity contribution in [3.63, 3.8) is 0 Å². The number of aliphatic carboxylic acids is 1. The molecule has 0 atom stereocenters. The van der Waals surface area contributed by atoms with Crippen molar-refractivity contribution in [2.24, 2.45) is 7.05 Å². The number of hydrogen-bond acceptors (Lipinski definition) is 3. The van der Waals surface area contributed by atoms with Crippen molar-refractivity contribution < 1.29 is 14.6 Å². The topological polar surface area (TPSA) is 64.3 Å². The van der Waals surface area contributed by atoms with Crippen molar-refractivity contribution in [1.29, 1.82) is 0 Å². The van der Waals surface area contributed by atoms with Gasteiger partial charge in [-0.2, -0.15) is 0 Å². The number of aromatic nitrogens is 2. The Bertz CT molecular complexity index is 573. The Balaban J connectivity index is 2.20. The van der Waals surface area contributed by atoms with E-state index in [0.29, 0.717) is 6.42 Å². The van der Waals surface area contributed by atoms with Gasteiger partial charge in [0.1, 0.15) is 11.6 Å². The minimum atomic E-state index is -0.811. The van der Waals surface area contributed by atoms with E-state index in [1.807, 2.05) is 42.1 Å². The zero-order valence-corrected chi connectivity index (χ0v) is 11.0. The molecule has 0 amide bonds. The lowest BCUT2D eigenvalue weighted by molar-refractivity contribution is -0.137. The van der Waals surface area contributed by atoms with E-state index in [0.717, 1.165) is 22.8 Å². The smallest absolute Gasteiger partial charge is 0.303 e. The van der Waals surface area contributed by atoms with E-state index in [2.05, 4.69) is 4.98 Å². The van der Waals surface area contributed by atoms with Crippen molar-refractivity contribution >= 4 is 5.97 Å². The number of rotatable bonds is 5. The van der Waals surface area contributed by atoms with Crippen molar-refractivity contribution in [3.8, 4) is 17.0 Å². The molecule has 2 rings (SSSR count). The second kappa shape index (κ2) is 5.56. The number of carboxylic acid groups (broad SMARTS) is 1. The highest BCUT2D eigenvalue weighted by Gasteiger charge is 2.09. The number of benzene rings is 1. The molecule has 0 aliphatic carbocycles. The summed E-state index contributed by atoms with van der Waals surface area (Å²) in [6.45, 7) is 0. The molecule has 5 heteroatoms. The quantitative estimate of drug-likeness (QED) is 0.894. The predicted molar refractivity (Wildman–Crippen MR) is 71.2 cm³/mol. The van der Waals surface area contributed by atoms with Gasteiger partial charge in [-0.3, -0.25) is 4.79 Å². The number of carboxylic acids is 1. The van der Waals surface area contributed by atoms with Gasteiger partial charge in [0.15, 0.2) is 0 Å². The van der Waals surface area contributed by atoms with E-state index in [9.17, 15) is 4.79 Å². The zero-order valence-electron chi connectivity index (χ0n) is 11.0. The van der Waals surface area contributed by atoms with Crippen LogP contribution in [0.25, 0.3) is 11.3 Å². The Hall–Kier alpha value is -2.30. The van der Waals surface area contributed by atoms with E-state index in [-0.39, 0.29) is 6.42 Å². The standard InChI is InChI=1S/C14H16N2O3/c1-16-9-12(15-13(16)7-8-14(17)18)10-3-5-11(19-2)6-4-10/h3-6,9H,7-8H2,1-2H3,(H,17,18). The Kier molecular flexibility index (Phi) is 3.85. The van der Waals surface area contributed by atoms with E-state index < -0.39 is 5.97 Å². The summed E-state index contributed by atoms with van der Waals surface area (Å²) in [4.78, 5) is 15.0. The summed E-state index contributed by atoms with van der Waals surface area (Å²) < 4.78 is 6.97. The first kappa shape index (κ1) is 13.1. The van der Waals surface area contributed by atoms with Crippen molar-refractivity contribution in [2.75, 3.05) is 7.11 Å². The van der Waals surface area contributed by atoms with Gasteiger partial charge in [0.05, 0.1) is 19.2 Å². The fourth-order valence-electron chi connectivity index (χ4n) is 1.86. The maximum atomic E-state index is 10.6. The van der Waals surface area contributed by atoms with Crippen LogP contribution in [0.2, 0.25) is 0 Å². The van der Waals surface area contributed by atoms with E-state index in [1.165, 1.54) is 0 Å². The summed E-state index contributed by atoms with van der Waals surface area (Å²) in [7, 11) is 3.50. The average Bonchev–Trinajstić information content (AvgIpc) is 2.78. The number of hydrogen-bond donors (Lipinski definition) is 1. The van der Waals surface area contributed by atoms with Gasteiger partial charge in [-0.25, -0.2) is 4.98 Å². The third-order valence-electron chi connectivity index (χ3n) is 2.92. The van der Waals surface area contributed by atoms with Crippen LogP contribution in [0.1, 0.15) is 12.2 Å². The number of imidazole rings is 1. The lowest BCUT2D eigenvalue weighted by Gasteiger charge is -2.00. The SMILES string of the molecule is COc1ccc(-c2cn(C)c(CCC(=O)O)n2)cc1. The molecule has 2 aromatic rings. The third kappa shape index (κ3) is 3.13. The number of methoxy groups -OCH3 is 1. The highest BCUT2D eigenvalue weighted by molar-refractivity contribution is 5.67. The van der Waals surface area contributed by atoms with Crippen LogP contribution in [0.4, 0.5) is 0 Å². The Morgan fingerprint density at radius 2 is 2.05 bits per heavy atom. The second-order valence-corrected chi connectivity index (χ2v) is 4.28. The number of ether oxygens (including phenoxy) is 1. The van der Waals surface area contributed by atoms with Crippen LogP contribution in [0, 0.1) is 0 Å². The molecule has 0 saturated carbocycles. The molecule has 100 valence electrons. The molecular weight excluding hydrogens is 244 g/mol. The van der Waals surface area contributed by atoms with Crippen LogP contribution >= 0.6 is 0 Å². The van der Waals surface area contributed by atoms with E-state index >= 15 is 0 Å². The fraction of sp³-hybridized carbons (Fsp3) is 0.286. The monoisotopic (exact) mass is 260 g/mol. The molecule has 19 heavy (non-hydrogen) atoms. The normalized spacial score (nSPS) is 10.4. The Labute approximate surface area is 111 Å². The molecule has 0 radical (unpaired) electrons. The van der Waals surface area contributed by atoms with Crippen LogP contribution in [-0.4, -0.2) is 27.7 Å². The Morgan fingerprint density at radius 3 is 2.63 bits per heavy atom. The molecule has 0 bridgehead atoms. The first-order valence-electron chi connectivity index (χ1n) is 5.98. The molecule has 5 nitrogen and oxygen atoms in total. The minimum Gasteiger partial charge on any atom is -0.497 e. The molecule has 0 saturated heterocycles. The molecule has 1 aromatic heterocycles. The van der Waals surface area contributed by atoms with Crippen molar-refractivity contribution in [2.45, 2.75) is 12.8 Å². The summed E-state index contributed by atoms with van der Waals surface area (Å²) >= 11 is 0. The van der Waals surface area contributed by atoms with Gasteiger partial charge < -0.3 is 14.4 Å². The molecule has 0 aliphatic rings. The predicted octanol–water partition coefficient (Wildman–Crippen LogP) is 2.11. The molecule has 1 N–H and O–H groups in total. The second-order valence-electron chi connectivity index (χ2n) is 4.28. The van der Waals surface area contributed by atoms with Gasteiger partial charge in [0, 0.05) is 25.2 Å². The summed E-state index contributed by atoms with van der Waals surface area (Å²) in [5, 5.41) is 8.70. The number of carbonyl (C=O) groups is 1. The van der Waals surface area contributed by atoms with Gasteiger partial charge in [-0.05, 0) is 24.3 Å². The van der Waals surface area contributed by atoms with Gasteiger partial charge in [-0.15, -0.1) is 0 Å². The third-order valence-corrected chi connectivity index (χ3v) is 2.92. The highest BCUT2D eigenvalue weighted by atomic mass is 16.5. The first-order chi connectivity index (χ1) is 9.10. The summed E-state index contributed by atoms with van der Waals surface area (Å²) in [6.07, 6.45) is 2.42. The van der Waals surface area contributed by atoms with Crippen molar-refractivity contribution in [3.05, 3.63) is 36.3 Å². The van der Waals surface area contributed by atoms with Crippen LogP contribution in [-0.2, 0) is 18.3 Å². The molecular formula is C14H16N2O3.